The Kier molecular flexibility index (Phi) is 2.87. The van der Waals surface area contributed by atoms with Crippen LogP contribution in [0.2, 0.25) is 5.02 Å². The van der Waals surface area contributed by atoms with E-state index in [2.05, 4.69) is 20.5 Å². The molecule has 2 aromatic rings. The molecule has 2 rings (SSSR count). The normalized spacial score (nSPS) is 10.1. The monoisotopic (exact) mass is 236 g/mol. The van der Waals surface area contributed by atoms with Gasteiger partial charge in [0.15, 0.2) is 0 Å². The molecule has 1 heterocycles. The van der Waals surface area contributed by atoms with E-state index in [1.807, 2.05) is 19.1 Å². The number of H-pyrrole nitrogens is 1. The highest BCUT2D eigenvalue weighted by atomic mass is 35.5. The van der Waals surface area contributed by atoms with Crippen LogP contribution in [0, 0.1) is 6.92 Å². The highest BCUT2D eigenvalue weighted by molar-refractivity contribution is 6.31. The van der Waals surface area contributed by atoms with E-state index in [0.29, 0.717) is 5.02 Å². The maximum Gasteiger partial charge on any atom is 0.271 e. The van der Waals surface area contributed by atoms with Gasteiger partial charge in [-0.05, 0) is 24.6 Å². The molecule has 0 radical (unpaired) electrons. The van der Waals surface area contributed by atoms with Crippen LogP contribution in [-0.2, 0) is 0 Å². The van der Waals surface area contributed by atoms with E-state index in [-0.39, 0.29) is 11.5 Å². The summed E-state index contributed by atoms with van der Waals surface area (Å²) in [5.74, 6) is 0.290. The smallest absolute Gasteiger partial charge is 0.271 e. The molecule has 2 N–H and O–H groups in total. The molecule has 0 aliphatic carbocycles. The Labute approximate surface area is 96.5 Å². The minimum Gasteiger partial charge on any atom is -0.324 e. The fraction of sp³-hybridized carbons (Fsp3) is 0.100. The molecule has 0 aliphatic rings. The standard InChI is InChI=1S/C10H9ClN4O/c1-6-7(11)3-2-4-8(6)13-10-14-9(16)5-12-15-10/h2-5H,1H3,(H2,13,14,15,16). The number of halogens is 1. The number of nitrogens with one attached hydrogen (secondary N) is 2. The summed E-state index contributed by atoms with van der Waals surface area (Å²) < 4.78 is 0. The number of nitrogens with zero attached hydrogens (tertiary/aromatic N) is 2. The van der Waals surface area contributed by atoms with Gasteiger partial charge in [-0.2, -0.15) is 0 Å². The Morgan fingerprint density at radius 1 is 1.44 bits per heavy atom. The molecular formula is C10H9ClN4O. The maximum absolute atomic E-state index is 11.0. The summed E-state index contributed by atoms with van der Waals surface area (Å²) in [6.07, 6.45) is 1.11. The van der Waals surface area contributed by atoms with Crippen molar-refractivity contribution in [2.75, 3.05) is 5.32 Å². The van der Waals surface area contributed by atoms with Gasteiger partial charge in [0, 0.05) is 10.7 Å². The van der Waals surface area contributed by atoms with Crippen LogP contribution in [0.25, 0.3) is 0 Å². The average Bonchev–Trinajstić information content (AvgIpc) is 2.25. The summed E-state index contributed by atoms with van der Waals surface area (Å²) in [6, 6.07) is 5.45. The zero-order chi connectivity index (χ0) is 11.5. The van der Waals surface area contributed by atoms with Crippen LogP contribution in [-0.4, -0.2) is 15.2 Å². The predicted octanol–water partition coefficient (Wildman–Crippen LogP) is 1.87. The molecule has 82 valence electrons. The Morgan fingerprint density at radius 2 is 2.25 bits per heavy atom. The van der Waals surface area contributed by atoms with Gasteiger partial charge in [0.1, 0.15) is 6.20 Å². The van der Waals surface area contributed by atoms with Crippen LogP contribution in [0.3, 0.4) is 0 Å². The zero-order valence-electron chi connectivity index (χ0n) is 8.49. The molecule has 1 aromatic carbocycles. The van der Waals surface area contributed by atoms with Crippen molar-refractivity contribution >= 4 is 23.2 Å². The Morgan fingerprint density at radius 3 is 3.00 bits per heavy atom. The van der Waals surface area contributed by atoms with E-state index >= 15 is 0 Å². The van der Waals surface area contributed by atoms with Gasteiger partial charge in [0.2, 0.25) is 5.95 Å². The highest BCUT2D eigenvalue weighted by Crippen LogP contribution is 2.24. The summed E-state index contributed by atoms with van der Waals surface area (Å²) >= 11 is 5.96. The number of rotatable bonds is 2. The third kappa shape index (κ3) is 2.20. The largest absolute Gasteiger partial charge is 0.324 e. The van der Waals surface area contributed by atoms with Gasteiger partial charge in [0.05, 0.1) is 0 Å². The number of aromatic amines is 1. The Bertz CT molecular complexity index is 567. The van der Waals surface area contributed by atoms with E-state index in [1.54, 1.807) is 6.07 Å². The molecule has 16 heavy (non-hydrogen) atoms. The molecule has 0 bridgehead atoms. The van der Waals surface area contributed by atoms with Gasteiger partial charge < -0.3 is 5.32 Å². The molecule has 6 heteroatoms. The minimum atomic E-state index is -0.308. The summed E-state index contributed by atoms with van der Waals surface area (Å²) in [7, 11) is 0. The lowest BCUT2D eigenvalue weighted by Gasteiger charge is -2.08. The summed E-state index contributed by atoms with van der Waals surface area (Å²) in [5.41, 5.74) is 1.36. The fourth-order valence-corrected chi connectivity index (χ4v) is 1.41. The molecule has 0 saturated carbocycles. The van der Waals surface area contributed by atoms with Gasteiger partial charge in [-0.1, -0.05) is 17.7 Å². The Balaban J connectivity index is 2.34. The van der Waals surface area contributed by atoms with Crippen LogP contribution in [0.1, 0.15) is 5.56 Å². The van der Waals surface area contributed by atoms with Crippen LogP contribution < -0.4 is 10.9 Å². The first-order chi connectivity index (χ1) is 7.66. The zero-order valence-corrected chi connectivity index (χ0v) is 9.25. The molecular weight excluding hydrogens is 228 g/mol. The lowest BCUT2D eigenvalue weighted by molar-refractivity contribution is 0.953. The number of aromatic nitrogens is 3. The van der Waals surface area contributed by atoms with Gasteiger partial charge in [-0.25, -0.2) is 0 Å². The molecule has 5 nitrogen and oxygen atoms in total. The molecule has 0 atom stereocenters. The number of hydrogen-bond donors (Lipinski definition) is 2. The van der Waals surface area contributed by atoms with Gasteiger partial charge in [-0.3, -0.25) is 9.78 Å². The first-order valence-electron chi connectivity index (χ1n) is 4.61. The van der Waals surface area contributed by atoms with Gasteiger partial charge in [0.25, 0.3) is 5.56 Å². The van der Waals surface area contributed by atoms with Crippen molar-refractivity contribution in [2.24, 2.45) is 0 Å². The quantitative estimate of drug-likeness (QED) is 0.835. The second kappa shape index (κ2) is 4.32. The maximum atomic E-state index is 11.0. The van der Waals surface area contributed by atoms with Crippen molar-refractivity contribution in [2.45, 2.75) is 6.92 Å². The minimum absolute atomic E-state index is 0.290. The molecule has 0 amide bonds. The van der Waals surface area contributed by atoms with Crippen molar-refractivity contribution in [1.82, 2.24) is 15.2 Å². The number of benzene rings is 1. The highest BCUT2D eigenvalue weighted by Gasteiger charge is 2.03. The predicted molar refractivity (Wildman–Crippen MR) is 62.1 cm³/mol. The van der Waals surface area contributed by atoms with Crippen LogP contribution in [0.4, 0.5) is 11.6 Å². The van der Waals surface area contributed by atoms with E-state index in [4.69, 9.17) is 11.6 Å². The summed E-state index contributed by atoms with van der Waals surface area (Å²) in [6.45, 7) is 1.87. The second-order valence-electron chi connectivity index (χ2n) is 3.22. The molecule has 0 fully saturated rings. The molecule has 0 saturated heterocycles. The van der Waals surface area contributed by atoms with Crippen LogP contribution in [0.15, 0.2) is 29.2 Å². The average molecular weight is 237 g/mol. The van der Waals surface area contributed by atoms with Crippen LogP contribution in [0.5, 0.6) is 0 Å². The first kappa shape index (κ1) is 10.6. The van der Waals surface area contributed by atoms with Gasteiger partial charge >= 0.3 is 0 Å². The van der Waals surface area contributed by atoms with Crippen molar-refractivity contribution < 1.29 is 0 Å². The van der Waals surface area contributed by atoms with Crippen molar-refractivity contribution in [3.05, 3.63) is 45.3 Å². The third-order valence-electron chi connectivity index (χ3n) is 2.10. The molecule has 0 spiro atoms. The summed E-state index contributed by atoms with van der Waals surface area (Å²) in [5, 5.41) is 10.9. The van der Waals surface area contributed by atoms with E-state index in [1.165, 1.54) is 0 Å². The van der Waals surface area contributed by atoms with E-state index < -0.39 is 0 Å². The van der Waals surface area contributed by atoms with Crippen LogP contribution >= 0.6 is 11.6 Å². The molecule has 0 unspecified atom stereocenters. The fourth-order valence-electron chi connectivity index (χ4n) is 1.24. The summed E-state index contributed by atoms with van der Waals surface area (Å²) in [4.78, 5) is 13.5. The van der Waals surface area contributed by atoms with Crippen molar-refractivity contribution in [3.63, 3.8) is 0 Å². The lowest BCUT2D eigenvalue weighted by Crippen LogP contribution is -2.10. The van der Waals surface area contributed by atoms with Gasteiger partial charge in [-0.15, -0.1) is 10.2 Å². The van der Waals surface area contributed by atoms with E-state index in [9.17, 15) is 4.79 Å². The lowest BCUT2D eigenvalue weighted by atomic mass is 10.2. The van der Waals surface area contributed by atoms with Crippen molar-refractivity contribution in [1.29, 1.82) is 0 Å². The Hall–Kier alpha value is -1.88. The number of hydrogen-bond acceptors (Lipinski definition) is 4. The molecule has 1 aromatic heterocycles. The topological polar surface area (TPSA) is 70.7 Å². The SMILES string of the molecule is Cc1c(Cl)cccc1Nc1nncc(=O)[nH]1. The van der Waals surface area contributed by atoms with E-state index in [0.717, 1.165) is 17.4 Å². The number of anilines is 2. The molecule has 0 aliphatic heterocycles. The van der Waals surface area contributed by atoms with Crippen molar-refractivity contribution in [3.8, 4) is 0 Å². The first-order valence-corrected chi connectivity index (χ1v) is 4.99. The third-order valence-corrected chi connectivity index (χ3v) is 2.50. The second-order valence-corrected chi connectivity index (χ2v) is 3.63.